The molecule has 1 atom stereocenters. The Balaban J connectivity index is 1.42. The molecule has 184 valence electrons. The van der Waals surface area contributed by atoms with E-state index in [1.165, 1.54) is 11.3 Å². The third-order valence-electron chi connectivity index (χ3n) is 5.53. The molecule has 36 heavy (non-hydrogen) atoms. The van der Waals surface area contributed by atoms with Crippen molar-refractivity contribution in [3.05, 3.63) is 75.3 Å². The van der Waals surface area contributed by atoms with E-state index in [9.17, 15) is 4.79 Å². The van der Waals surface area contributed by atoms with Crippen LogP contribution < -0.4 is 16.0 Å². The first kappa shape index (κ1) is 24.1. The zero-order chi connectivity index (χ0) is 25.1. The number of morpholine rings is 1. The van der Waals surface area contributed by atoms with Gasteiger partial charge in [0.2, 0.25) is 12.1 Å². The quantitative estimate of drug-likeness (QED) is 0.327. The van der Waals surface area contributed by atoms with Gasteiger partial charge in [-0.3, -0.25) is 10.2 Å². The second-order valence-electron chi connectivity index (χ2n) is 7.87. The van der Waals surface area contributed by atoms with Crippen LogP contribution in [0.1, 0.15) is 16.8 Å². The lowest BCUT2D eigenvalue weighted by Crippen LogP contribution is -2.37. The Morgan fingerprint density at radius 3 is 2.69 bits per heavy atom. The standard InChI is InChI=1S/C24H22BrN7O3S/c25-23-30-18(22(36-23)32-10-12-34-13-11-32)19(26)35-24(27)31-20-21(33)28-16-9-5-4-8-15(16)17(29-20)14-6-2-1-3-7-14/h1-9,20,26H,10-13H2,(H2,27,31)(H,28,33). The van der Waals surface area contributed by atoms with Crippen molar-refractivity contribution in [1.82, 2.24) is 4.98 Å². The van der Waals surface area contributed by atoms with Crippen LogP contribution >= 0.6 is 27.3 Å². The Hall–Kier alpha value is -3.61. The summed E-state index contributed by atoms with van der Waals surface area (Å²) in [6, 6.07) is 16.6. The lowest BCUT2D eigenvalue weighted by atomic mass is 10.0. The number of hydrogen-bond acceptors (Lipinski definition) is 9. The van der Waals surface area contributed by atoms with E-state index < -0.39 is 12.1 Å². The number of halogens is 1. The number of carbonyl (C=O) groups excluding carboxylic acids is 1. The molecule has 0 aliphatic carbocycles. The normalized spacial score (nSPS) is 18.1. The van der Waals surface area contributed by atoms with Crippen molar-refractivity contribution in [2.75, 3.05) is 36.5 Å². The summed E-state index contributed by atoms with van der Waals surface area (Å²) in [5.74, 6) is -0.735. The number of aliphatic imine (C=N–C) groups is 2. The van der Waals surface area contributed by atoms with E-state index in [4.69, 9.17) is 20.6 Å². The molecular formula is C24H22BrN7O3S. The second kappa shape index (κ2) is 10.6. The van der Waals surface area contributed by atoms with E-state index in [0.717, 1.165) is 16.1 Å². The number of amidine groups is 1. The molecule has 0 spiro atoms. The van der Waals surface area contributed by atoms with Gasteiger partial charge in [0.25, 0.3) is 11.9 Å². The summed E-state index contributed by atoms with van der Waals surface area (Å²) < 4.78 is 11.5. The molecule has 4 N–H and O–H groups in total. The summed E-state index contributed by atoms with van der Waals surface area (Å²) in [7, 11) is 0. The van der Waals surface area contributed by atoms with Gasteiger partial charge in [0.1, 0.15) is 5.00 Å². The highest BCUT2D eigenvalue weighted by molar-refractivity contribution is 9.11. The van der Waals surface area contributed by atoms with Crippen molar-refractivity contribution in [3.8, 4) is 0 Å². The summed E-state index contributed by atoms with van der Waals surface area (Å²) in [4.78, 5) is 28.3. The van der Waals surface area contributed by atoms with Gasteiger partial charge < -0.3 is 25.4 Å². The number of hydrogen-bond donors (Lipinski definition) is 3. The minimum Gasteiger partial charge on any atom is -0.405 e. The number of anilines is 2. The zero-order valence-electron chi connectivity index (χ0n) is 19.0. The Morgan fingerprint density at radius 1 is 1.19 bits per heavy atom. The predicted octanol–water partition coefficient (Wildman–Crippen LogP) is 3.21. The van der Waals surface area contributed by atoms with Crippen molar-refractivity contribution < 1.29 is 14.3 Å². The smallest absolute Gasteiger partial charge is 0.291 e. The minimum absolute atomic E-state index is 0.274. The first-order valence-corrected chi connectivity index (χ1v) is 12.7. The maximum Gasteiger partial charge on any atom is 0.291 e. The average molecular weight is 568 g/mol. The number of carbonyl (C=O) groups is 1. The van der Waals surface area contributed by atoms with E-state index >= 15 is 0 Å². The predicted molar refractivity (Wildman–Crippen MR) is 143 cm³/mol. The highest BCUT2D eigenvalue weighted by Gasteiger charge is 2.27. The molecule has 1 fully saturated rings. The van der Waals surface area contributed by atoms with E-state index in [2.05, 4.69) is 41.1 Å². The summed E-state index contributed by atoms with van der Waals surface area (Å²) >= 11 is 4.78. The van der Waals surface area contributed by atoms with E-state index in [-0.39, 0.29) is 11.9 Å². The zero-order valence-corrected chi connectivity index (χ0v) is 21.4. The number of benzene rings is 2. The molecule has 2 aromatic carbocycles. The van der Waals surface area contributed by atoms with E-state index in [0.29, 0.717) is 47.3 Å². The van der Waals surface area contributed by atoms with Gasteiger partial charge in [0.15, 0.2) is 9.61 Å². The van der Waals surface area contributed by atoms with E-state index in [1.807, 2.05) is 48.5 Å². The van der Waals surface area contributed by atoms with Crippen LogP contribution in [0.25, 0.3) is 0 Å². The molecule has 10 nitrogen and oxygen atoms in total. The minimum atomic E-state index is -1.21. The fraction of sp³-hybridized carbons (Fsp3) is 0.208. The van der Waals surface area contributed by atoms with Crippen LogP contribution in [0.3, 0.4) is 0 Å². The summed E-state index contributed by atoms with van der Waals surface area (Å²) in [6.45, 7) is 2.54. The molecular weight excluding hydrogens is 546 g/mol. The summed E-state index contributed by atoms with van der Waals surface area (Å²) in [6.07, 6.45) is -1.21. The number of para-hydroxylation sites is 1. The van der Waals surface area contributed by atoms with Crippen LogP contribution in [0.4, 0.5) is 10.7 Å². The first-order valence-electron chi connectivity index (χ1n) is 11.1. The molecule has 1 aromatic heterocycles. The molecule has 3 heterocycles. The highest BCUT2D eigenvalue weighted by atomic mass is 79.9. The largest absolute Gasteiger partial charge is 0.405 e. The van der Waals surface area contributed by atoms with Gasteiger partial charge in [0.05, 0.1) is 24.6 Å². The number of rotatable bonds is 4. The van der Waals surface area contributed by atoms with Gasteiger partial charge in [-0.05, 0) is 22.0 Å². The van der Waals surface area contributed by atoms with Gasteiger partial charge >= 0.3 is 0 Å². The van der Waals surface area contributed by atoms with Crippen molar-refractivity contribution in [3.63, 3.8) is 0 Å². The molecule has 1 amide bonds. The van der Waals surface area contributed by atoms with Crippen LogP contribution in [0.5, 0.6) is 0 Å². The fourth-order valence-corrected chi connectivity index (χ4v) is 5.36. The van der Waals surface area contributed by atoms with Gasteiger partial charge in [-0.15, -0.1) is 0 Å². The number of nitrogens with two attached hydrogens (primary N) is 1. The maximum absolute atomic E-state index is 13.0. The van der Waals surface area contributed by atoms with Crippen molar-refractivity contribution in [2.24, 2.45) is 15.7 Å². The SMILES string of the molecule is N=C(O/C(N)=N/C1N=C(c2ccccc2)c2ccccc2NC1=O)c1nc(Br)sc1N1CCOCC1. The maximum atomic E-state index is 13.0. The van der Waals surface area contributed by atoms with Crippen molar-refractivity contribution in [1.29, 1.82) is 5.41 Å². The number of ether oxygens (including phenoxy) is 2. The Bertz CT molecular complexity index is 1350. The monoisotopic (exact) mass is 567 g/mol. The molecule has 2 aliphatic heterocycles. The van der Waals surface area contributed by atoms with Crippen LogP contribution in [0.2, 0.25) is 0 Å². The average Bonchev–Trinajstić information content (AvgIpc) is 3.23. The lowest BCUT2D eigenvalue weighted by molar-refractivity contribution is -0.117. The Labute approximate surface area is 219 Å². The molecule has 12 heteroatoms. The van der Waals surface area contributed by atoms with E-state index in [1.54, 1.807) is 6.07 Å². The third kappa shape index (κ3) is 5.15. The Kier molecular flexibility index (Phi) is 7.07. The molecule has 5 rings (SSSR count). The highest BCUT2D eigenvalue weighted by Crippen LogP contribution is 2.33. The molecule has 1 saturated heterocycles. The van der Waals surface area contributed by atoms with Gasteiger partial charge in [-0.1, -0.05) is 59.9 Å². The number of thiazole rings is 1. The first-order chi connectivity index (χ1) is 17.5. The summed E-state index contributed by atoms with van der Waals surface area (Å²) in [5, 5.41) is 12.1. The van der Waals surface area contributed by atoms with Gasteiger partial charge in [0, 0.05) is 24.2 Å². The number of fused-ring (bicyclic) bond motifs is 1. The topological polar surface area (TPSA) is 138 Å². The molecule has 0 saturated carbocycles. The Morgan fingerprint density at radius 2 is 1.92 bits per heavy atom. The van der Waals surface area contributed by atoms with Crippen molar-refractivity contribution >= 4 is 61.5 Å². The molecule has 0 radical (unpaired) electrons. The fourth-order valence-electron chi connectivity index (χ4n) is 3.87. The van der Waals surface area contributed by atoms with Crippen LogP contribution in [0, 0.1) is 5.41 Å². The number of nitrogens with zero attached hydrogens (tertiary/aromatic N) is 4. The van der Waals surface area contributed by atoms with Crippen LogP contribution in [-0.4, -0.2) is 61.0 Å². The van der Waals surface area contributed by atoms with Crippen LogP contribution in [0.15, 0.2) is 68.5 Å². The molecule has 2 aliphatic rings. The summed E-state index contributed by atoms with van der Waals surface area (Å²) in [5.41, 5.74) is 9.20. The molecule has 3 aromatic rings. The van der Waals surface area contributed by atoms with Gasteiger partial charge in [-0.25, -0.2) is 9.98 Å². The van der Waals surface area contributed by atoms with Crippen molar-refractivity contribution in [2.45, 2.75) is 6.17 Å². The molecule has 1 unspecified atom stereocenters. The van der Waals surface area contributed by atoms with Gasteiger partial charge in [-0.2, -0.15) is 4.99 Å². The number of aromatic nitrogens is 1. The van der Waals surface area contributed by atoms with Crippen LogP contribution in [-0.2, 0) is 14.3 Å². The second-order valence-corrected chi connectivity index (χ2v) is 10.1. The molecule has 0 bridgehead atoms. The number of benzodiazepines with no additional fused rings is 1. The number of nitrogens with one attached hydrogen (secondary N) is 2. The number of amides is 1. The third-order valence-corrected chi connectivity index (χ3v) is 7.09. The lowest BCUT2D eigenvalue weighted by Gasteiger charge is -2.27.